The Morgan fingerprint density at radius 3 is 1.43 bits per heavy atom. The Bertz CT molecular complexity index is 2460. The molecule has 0 aliphatic rings. The topological polar surface area (TPSA) is 90.5 Å². The van der Waals surface area contributed by atoms with E-state index in [1.807, 2.05) is 26.8 Å². The molecular formula is C42H40F8N6O2. The Morgan fingerprint density at radius 1 is 0.586 bits per heavy atom. The molecule has 6 rings (SSSR count). The van der Waals surface area contributed by atoms with Gasteiger partial charge in [-0.25, -0.2) is 18.7 Å². The van der Waals surface area contributed by atoms with Crippen molar-refractivity contribution in [3.05, 3.63) is 130 Å². The van der Waals surface area contributed by atoms with Crippen LogP contribution in [-0.4, -0.2) is 59.8 Å². The largest absolute Gasteiger partial charge is 0.421 e. The maximum absolute atomic E-state index is 14.4. The van der Waals surface area contributed by atoms with E-state index in [2.05, 4.69) is 20.6 Å². The predicted molar refractivity (Wildman–Crippen MR) is 210 cm³/mol. The summed E-state index contributed by atoms with van der Waals surface area (Å²) in [6, 6.07) is 16.4. The molecule has 0 aliphatic carbocycles. The normalized spacial score (nSPS) is 11.2. The molecule has 0 fully saturated rings. The molecule has 4 aromatic carbocycles. The summed E-state index contributed by atoms with van der Waals surface area (Å²) in [6.45, 7) is 7.60. The third kappa shape index (κ3) is 9.44. The Morgan fingerprint density at radius 2 is 1.00 bits per heavy atom. The first-order valence-electron chi connectivity index (χ1n) is 17.7. The summed E-state index contributed by atoms with van der Waals surface area (Å²) in [4.78, 5) is 36.1. The second-order valence-corrected chi connectivity index (χ2v) is 13.0. The van der Waals surface area contributed by atoms with Gasteiger partial charge >= 0.3 is 12.4 Å². The smallest absolute Gasteiger partial charge is 0.345 e. The molecule has 0 aliphatic heterocycles. The molecule has 0 radical (unpaired) electrons. The number of alkyl halides is 6. The van der Waals surface area contributed by atoms with E-state index in [0.717, 1.165) is 29.3 Å². The number of rotatable bonds is 6. The zero-order valence-electron chi connectivity index (χ0n) is 32.7. The van der Waals surface area contributed by atoms with E-state index in [1.165, 1.54) is 34.3 Å². The maximum Gasteiger partial charge on any atom is 0.421 e. The Balaban J connectivity index is 0.000000246. The molecule has 2 aromatic heterocycles. The summed E-state index contributed by atoms with van der Waals surface area (Å²) in [5, 5.41) is 7.37. The van der Waals surface area contributed by atoms with Gasteiger partial charge in [0.2, 0.25) is 0 Å². The van der Waals surface area contributed by atoms with Crippen molar-refractivity contribution in [2.45, 2.75) is 40.0 Å². The van der Waals surface area contributed by atoms with Crippen LogP contribution in [0.15, 0.2) is 85.2 Å². The van der Waals surface area contributed by atoms with Gasteiger partial charge in [0.05, 0.1) is 28.1 Å². The van der Waals surface area contributed by atoms with E-state index in [1.54, 1.807) is 65.4 Å². The Labute approximate surface area is 329 Å². The van der Waals surface area contributed by atoms with Crippen molar-refractivity contribution in [1.29, 1.82) is 0 Å². The molecule has 0 unspecified atom stereocenters. The van der Waals surface area contributed by atoms with E-state index >= 15 is 0 Å². The first-order chi connectivity index (χ1) is 27.2. The highest BCUT2D eigenvalue weighted by atomic mass is 19.4. The molecule has 0 spiro atoms. The van der Waals surface area contributed by atoms with Gasteiger partial charge in [-0.05, 0) is 49.2 Å². The highest BCUT2D eigenvalue weighted by Crippen LogP contribution is 2.40. The zero-order chi connectivity index (χ0) is 43.3. The molecular weight excluding hydrogens is 772 g/mol. The quantitative estimate of drug-likeness (QED) is 0.163. The highest BCUT2D eigenvalue weighted by Gasteiger charge is 2.37. The minimum absolute atomic E-state index is 0.102. The van der Waals surface area contributed by atoms with Crippen molar-refractivity contribution in [3.63, 3.8) is 0 Å². The molecule has 2 heterocycles. The fourth-order valence-corrected chi connectivity index (χ4v) is 6.00. The standard InChI is InChI=1S/2C20H17F4N3O.C2H6/c1-11-6-4-7-12-16(11)13(19(28)27(2)3)10-25-18(12)26-15-9-5-8-14(21)17(15)20(22,23)24;1-11-6-4-7-12-16(11)13(19(28)27(2)3)10-25-18(12)26-15-9-5-8-14(17(15)21)20(22,23)24;1-2/h2*4-10H,1-3H3,(H,25,26);1-2H3. The van der Waals surface area contributed by atoms with Gasteiger partial charge in [-0.15, -0.1) is 0 Å². The first-order valence-corrected chi connectivity index (χ1v) is 17.7. The number of aromatic nitrogens is 2. The number of anilines is 4. The van der Waals surface area contributed by atoms with E-state index in [-0.39, 0.29) is 29.1 Å². The van der Waals surface area contributed by atoms with Gasteiger partial charge < -0.3 is 20.4 Å². The second kappa shape index (κ2) is 17.9. The molecule has 306 valence electrons. The lowest BCUT2D eigenvalue weighted by Crippen LogP contribution is -2.22. The molecule has 16 heteroatoms. The monoisotopic (exact) mass is 812 g/mol. The molecule has 0 saturated carbocycles. The van der Waals surface area contributed by atoms with Gasteiger partial charge in [0, 0.05) is 62.1 Å². The SMILES string of the molecule is CC.Cc1cccc2c(Nc3cccc(C(F)(F)F)c3F)ncc(C(=O)N(C)C)c12.Cc1cccc2c(Nc3cccc(F)c3C(F)(F)F)ncc(C(=O)N(C)C)c12. The lowest BCUT2D eigenvalue weighted by Gasteiger charge is -2.18. The lowest BCUT2D eigenvalue weighted by atomic mass is 10.0. The fraction of sp³-hybridized carbons (Fsp3) is 0.238. The molecule has 8 nitrogen and oxygen atoms in total. The first kappa shape index (κ1) is 44.4. The van der Waals surface area contributed by atoms with Gasteiger partial charge in [0.1, 0.15) is 23.0 Å². The van der Waals surface area contributed by atoms with Crippen LogP contribution in [0.4, 0.5) is 58.1 Å². The molecule has 6 aromatic rings. The summed E-state index contributed by atoms with van der Waals surface area (Å²) in [7, 11) is 6.41. The molecule has 0 bridgehead atoms. The van der Waals surface area contributed by atoms with Crippen LogP contribution in [0.5, 0.6) is 0 Å². The maximum atomic E-state index is 14.4. The third-order valence-corrected chi connectivity index (χ3v) is 8.62. The fourth-order valence-electron chi connectivity index (χ4n) is 6.00. The van der Waals surface area contributed by atoms with Crippen molar-refractivity contribution in [2.75, 3.05) is 38.8 Å². The summed E-state index contributed by atoms with van der Waals surface area (Å²) in [5.74, 6) is -3.07. The highest BCUT2D eigenvalue weighted by molar-refractivity contribution is 6.11. The van der Waals surface area contributed by atoms with Crippen LogP contribution in [0, 0.1) is 25.5 Å². The minimum atomic E-state index is -4.87. The summed E-state index contributed by atoms with van der Waals surface area (Å²) in [5.41, 5.74) is -1.32. The van der Waals surface area contributed by atoms with Gasteiger partial charge in [-0.2, -0.15) is 26.3 Å². The van der Waals surface area contributed by atoms with Crippen LogP contribution in [0.25, 0.3) is 21.5 Å². The van der Waals surface area contributed by atoms with Gasteiger partial charge in [0.25, 0.3) is 11.8 Å². The number of nitrogens with one attached hydrogen (secondary N) is 2. The van der Waals surface area contributed by atoms with Crippen LogP contribution in [0.2, 0.25) is 0 Å². The predicted octanol–water partition coefficient (Wildman–Crippen LogP) is 11.3. The van der Waals surface area contributed by atoms with Gasteiger partial charge in [-0.3, -0.25) is 9.59 Å². The molecule has 58 heavy (non-hydrogen) atoms. The van der Waals surface area contributed by atoms with Crippen LogP contribution < -0.4 is 10.6 Å². The Hall–Kier alpha value is -6.32. The number of benzene rings is 4. The summed E-state index contributed by atoms with van der Waals surface area (Å²) in [6.07, 6.45) is -7.03. The number of fused-ring (bicyclic) bond motifs is 2. The number of carbonyl (C=O) groups excluding carboxylic acids is 2. The number of pyridine rings is 2. The number of nitrogens with zero attached hydrogens (tertiary/aromatic N) is 4. The third-order valence-electron chi connectivity index (χ3n) is 8.62. The number of amides is 2. The van der Waals surface area contributed by atoms with E-state index in [0.29, 0.717) is 38.7 Å². The minimum Gasteiger partial charge on any atom is -0.345 e. The second-order valence-electron chi connectivity index (χ2n) is 13.0. The van der Waals surface area contributed by atoms with Crippen LogP contribution in [-0.2, 0) is 12.4 Å². The van der Waals surface area contributed by atoms with Crippen molar-refractivity contribution in [3.8, 4) is 0 Å². The van der Waals surface area contributed by atoms with E-state index in [4.69, 9.17) is 0 Å². The number of aryl methyl sites for hydroxylation is 2. The van der Waals surface area contributed by atoms with Crippen molar-refractivity contribution in [2.24, 2.45) is 0 Å². The van der Waals surface area contributed by atoms with Crippen LogP contribution in [0.1, 0.15) is 56.8 Å². The van der Waals surface area contributed by atoms with Gasteiger partial charge in [-0.1, -0.05) is 62.4 Å². The number of carbonyl (C=O) groups is 2. The van der Waals surface area contributed by atoms with E-state index < -0.39 is 40.8 Å². The number of hydrogen-bond acceptors (Lipinski definition) is 6. The number of halogens is 8. The van der Waals surface area contributed by atoms with Crippen molar-refractivity contribution >= 4 is 56.4 Å². The van der Waals surface area contributed by atoms with Crippen molar-refractivity contribution in [1.82, 2.24) is 19.8 Å². The number of hydrogen-bond donors (Lipinski definition) is 2. The molecule has 2 N–H and O–H groups in total. The molecule has 2 amide bonds. The average Bonchev–Trinajstić information content (AvgIpc) is 3.15. The van der Waals surface area contributed by atoms with Crippen molar-refractivity contribution < 1.29 is 44.7 Å². The summed E-state index contributed by atoms with van der Waals surface area (Å²) >= 11 is 0. The van der Waals surface area contributed by atoms with E-state index in [9.17, 15) is 44.7 Å². The Kier molecular flexibility index (Phi) is 13.7. The van der Waals surface area contributed by atoms with Crippen LogP contribution in [0.3, 0.4) is 0 Å². The summed E-state index contributed by atoms with van der Waals surface area (Å²) < 4.78 is 107. The van der Waals surface area contributed by atoms with Gasteiger partial charge in [0.15, 0.2) is 5.82 Å². The lowest BCUT2D eigenvalue weighted by molar-refractivity contribution is -0.140. The molecule has 0 atom stereocenters. The average molecular weight is 813 g/mol. The zero-order valence-corrected chi connectivity index (χ0v) is 32.7. The van der Waals surface area contributed by atoms with Crippen LogP contribution >= 0.6 is 0 Å². The molecule has 0 saturated heterocycles.